The average Bonchev–Trinajstić information content (AvgIpc) is 2.61. The number of amides is 4. The number of rotatable bonds is 1. The highest BCUT2D eigenvalue weighted by atomic mass is 16.2. The average molecular weight is 222 g/mol. The standard InChI is InChI=1S/C9H10N4O3/c1-11-5-6(4-10-11)13-8(15)3-7(14)12(2)9(13)16/h4-5H,3H2,1-2H3. The van der Waals surface area contributed by atoms with E-state index >= 15 is 0 Å². The van der Waals surface area contributed by atoms with Gasteiger partial charge in [0.15, 0.2) is 0 Å². The van der Waals surface area contributed by atoms with Gasteiger partial charge in [-0.25, -0.2) is 9.69 Å². The van der Waals surface area contributed by atoms with Crippen LogP contribution in [0.25, 0.3) is 0 Å². The number of nitrogens with zero attached hydrogens (tertiary/aromatic N) is 4. The molecule has 0 bridgehead atoms. The molecule has 0 aliphatic carbocycles. The highest BCUT2D eigenvalue weighted by Gasteiger charge is 2.37. The lowest BCUT2D eigenvalue weighted by molar-refractivity contribution is -0.133. The summed E-state index contributed by atoms with van der Waals surface area (Å²) in [6, 6.07) is -0.644. The fraction of sp³-hybridized carbons (Fsp3) is 0.333. The van der Waals surface area contributed by atoms with E-state index < -0.39 is 17.8 Å². The molecule has 16 heavy (non-hydrogen) atoms. The van der Waals surface area contributed by atoms with Gasteiger partial charge in [-0.2, -0.15) is 5.10 Å². The van der Waals surface area contributed by atoms with Crippen molar-refractivity contribution in [1.29, 1.82) is 0 Å². The van der Waals surface area contributed by atoms with Crippen molar-refractivity contribution in [1.82, 2.24) is 14.7 Å². The van der Waals surface area contributed by atoms with Crippen molar-refractivity contribution >= 4 is 23.5 Å². The molecule has 0 N–H and O–H groups in total. The summed E-state index contributed by atoms with van der Waals surface area (Å²) in [5.41, 5.74) is 0.372. The van der Waals surface area contributed by atoms with Crippen LogP contribution < -0.4 is 4.90 Å². The lowest BCUT2D eigenvalue weighted by atomic mass is 10.2. The zero-order chi connectivity index (χ0) is 11.9. The number of anilines is 1. The summed E-state index contributed by atoms with van der Waals surface area (Å²) >= 11 is 0. The fourth-order valence-corrected chi connectivity index (χ4v) is 1.47. The SMILES string of the molecule is CN1C(=O)CC(=O)N(c2cnn(C)c2)C1=O. The first kappa shape index (κ1) is 10.3. The second-order valence-electron chi connectivity index (χ2n) is 3.51. The number of carbonyl (C=O) groups is 3. The van der Waals surface area contributed by atoms with Crippen LogP contribution in [0, 0.1) is 0 Å². The highest BCUT2D eigenvalue weighted by Crippen LogP contribution is 2.19. The van der Waals surface area contributed by atoms with Gasteiger partial charge in [-0.05, 0) is 0 Å². The van der Waals surface area contributed by atoms with Crippen LogP contribution in [-0.4, -0.2) is 39.6 Å². The van der Waals surface area contributed by atoms with Crippen LogP contribution in [-0.2, 0) is 16.6 Å². The highest BCUT2D eigenvalue weighted by molar-refractivity contribution is 6.25. The van der Waals surface area contributed by atoms with Gasteiger partial charge in [0.2, 0.25) is 11.8 Å². The first-order valence-corrected chi connectivity index (χ1v) is 4.63. The molecule has 0 spiro atoms. The number of aromatic nitrogens is 2. The minimum absolute atomic E-state index is 0.295. The Labute approximate surface area is 91.2 Å². The number of aryl methyl sites for hydroxylation is 1. The third-order valence-corrected chi connectivity index (χ3v) is 2.35. The van der Waals surface area contributed by atoms with Crippen molar-refractivity contribution in [2.24, 2.45) is 7.05 Å². The molecule has 0 atom stereocenters. The van der Waals surface area contributed by atoms with E-state index in [2.05, 4.69) is 5.10 Å². The van der Waals surface area contributed by atoms with Crippen molar-refractivity contribution < 1.29 is 14.4 Å². The zero-order valence-corrected chi connectivity index (χ0v) is 8.88. The molecule has 2 heterocycles. The molecule has 84 valence electrons. The van der Waals surface area contributed by atoms with Crippen molar-refractivity contribution in [2.45, 2.75) is 6.42 Å². The molecule has 0 saturated carbocycles. The lowest BCUT2D eigenvalue weighted by Crippen LogP contribution is -2.53. The second-order valence-corrected chi connectivity index (χ2v) is 3.51. The van der Waals surface area contributed by atoms with Gasteiger partial charge in [0.05, 0.1) is 11.9 Å². The van der Waals surface area contributed by atoms with Crippen LogP contribution in [0.15, 0.2) is 12.4 Å². The second kappa shape index (κ2) is 3.44. The number of carbonyl (C=O) groups excluding carboxylic acids is 3. The summed E-state index contributed by atoms with van der Waals surface area (Å²) in [7, 11) is 3.03. The molecule has 2 rings (SSSR count). The maximum atomic E-state index is 11.7. The van der Waals surface area contributed by atoms with E-state index in [1.165, 1.54) is 17.9 Å². The lowest BCUT2D eigenvalue weighted by Gasteiger charge is -2.29. The molecule has 0 unspecified atom stereocenters. The number of urea groups is 1. The van der Waals surface area contributed by atoms with Crippen LogP contribution in [0.2, 0.25) is 0 Å². The van der Waals surface area contributed by atoms with Crippen molar-refractivity contribution in [3.63, 3.8) is 0 Å². The van der Waals surface area contributed by atoms with Gasteiger partial charge in [0, 0.05) is 20.3 Å². The van der Waals surface area contributed by atoms with Gasteiger partial charge in [-0.1, -0.05) is 0 Å². The summed E-state index contributed by atoms with van der Waals surface area (Å²) in [5.74, 6) is -1.02. The van der Waals surface area contributed by atoms with Gasteiger partial charge >= 0.3 is 6.03 Å². The molecule has 1 aliphatic heterocycles. The van der Waals surface area contributed by atoms with Gasteiger partial charge in [0.25, 0.3) is 0 Å². The summed E-state index contributed by atoms with van der Waals surface area (Å²) < 4.78 is 1.48. The monoisotopic (exact) mass is 222 g/mol. The molecule has 1 saturated heterocycles. The fourth-order valence-electron chi connectivity index (χ4n) is 1.47. The number of imide groups is 2. The Kier molecular flexibility index (Phi) is 2.22. The van der Waals surface area contributed by atoms with E-state index in [-0.39, 0.29) is 6.42 Å². The van der Waals surface area contributed by atoms with Crippen molar-refractivity contribution in [3.05, 3.63) is 12.4 Å². The Balaban J connectivity index is 2.37. The third kappa shape index (κ3) is 1.46. The topological polar surface area (TPSA) is 75.5 Å². The molecule has 0 aromatic carbocycles. The van der Waals surface area contributed by atoms with E-state index in [1.54, 1.807) is 13.2 Å². The Bertz CT molecular complexity index is 479. The molecule has 7 heteroatoms. The molecular formula is C9H10N4O3. The quantitative estimate of drug-likeness (QED) is 0.613. The minimum atomic E-state index is -0.644. The smallest absolute Gasteiger partial charge is 0.274 e. The Hall–Kier alpha value is -2.18. The first-order chi connectivity index (χ1) is 7.50. The largest absolute Gasteiger partial charge is 0.337 e. The Morgan fingerprint density at radius 1 is 1.19 bits per heavy atom. The molecule has 7 nitrogen and oxygen atoms in total. The molecular weight excluding hydrogens is 212 g/mol. The normalized spacial score (nSPS) is 17.2. The van der Waals surface area contributed by atoms with E-state index in [4.69, 9.17) is 0 Å². The number of barbiturate groups is 1. The molecule has 1 fully saturated rings. The summed E-state index contributed by atoms with van der Waals surface area (Å²) in [4.78, 5) is 36.4. The Morgan fingerprint density at radius 2 is 1.88 bits per heavy atom. The predicted molar refractivity (Wildman–Crippen MR) is 53.5 cm³/mol. The van der Waals surface area contributed by atoms with Gasteiger partial charge in [0.1, 0.15) is 6.42 Å². The minimum Gasteiger partial charge on any atom is -0.274 e. The number of hydrogen-bond acceptors (Lipinski definition) is 4. The molecule has 1 aliphatic rings. The van der Waals surface area contributed by atoms with Gasteiger partial charge in [-0.15, -0.1) is 0 Å². The molecule has 1 aromatic heterocycles. The molecule has 4 amide bonds. The molecule has 1 aromatic rings. The van der Waals surface area contributed by atoms with Crippen LogP contribution in [0.4, 0.5) is 10.5 Å². The Morgan fingerprint density at radius 3 is 2.44 bits per heavy atom. The molecule has 0 radical (unpaired) electrons. The van der Waals surface area contributed by atoms with Gasteiger partial charge in [-0.3, -0.25) is 19.2 Å². The van der Waals surface area contributed by atoms with Crippen molar-refractivity contribution in [2.75, 3.05) is 11.9 Å². The summed E-state index contributed by atoms with van der Waals surface area (Å²) in [6.07, 6.45) is 2.65. The number of hydrogen-bond donors (Lipinski definition) is 0. The van der Waals surface area contributed by atoms with Crippen LogP contribution >= 0.6 is 0 Å². The maximum Gasteiger partial charge on any atom is 0.337 e. The van der Waals surface area contributed by atoms with Crippen LogP contribution in [0.5, 0.6) is 0 Å². The van der Waals surface area contributed by atoms with E-state index in [0.29, 0.717) is 5.69 Å². The van der Waals surface area contributed by atoms with Gasteiger partial charge < -0.3 is 0 Å². The predicted octanol–water partition coefficient (Wildman–Crippen LogP) is -0.265. The maximum absolute atomic E-state index is 11.7. The van der Waals surface area contributed by atoms with E-state index in [1.807, 2.05) is 0 Å². The van der Waals surface area contributed by atoms with Crippen LogP contribution in [0.3, 0.4) is 0 Å². The van der Waals surface area contributed by atoms with E-state index in [0.717, 1.165) is 9.80 Å². The van der Waals surface area contributed by atoms with Crippen LogP contribution in [0.1, 0.15) is 6.42 Å². The summed E-state index contributed by atoms with van der Waals surface area (Å²) in [6.45, 7) is 0. The summed E-state index contributed by atoms with van der Waals surface area (Å²) in [5, 5.41) is 3.87. The van der Waals surface area contributed by atoms with E-state index in [9.17, 15) is 14.4 Å². The zero-order valence-electron chi connectivity index (χ0n) is 8.88. The first-order valence-electron chi connectivity index (χ1n) is 4.63. The third-order valence-electron chi connectivity index (χ3n) is 2.35. The van der Waals surface area contributed by atoms with Crippen molar-refractivity contribution in [3.8, 4) is 0 Å².